The van der Waals surface area contributed by atoms with Gasteiger partial charge in [0.15, 0.2) is 0 Å². The Hall–Kier alpha value is -1.75. The third-order valence-corrected chi connectivity index (χ3v) is 2.50. The highest BCUT2D eigenvalue weighted by atomic mass is 16.5. The van der Waals surface area contributed by atoms with Gasteiger partial charge in [0.05, 0.1) is 23.5 Å². The molecule has 4 N–H and O–H groups in total. The van der Waals surface area contributed by atoms with Crippen LogP contribution in [-0.4, -0.2) is 30.8 Å². The molecule has 18 heavy (non-hydrogen) atoms. The van der Waals surface area contributed by atoms with Gasteiger partial charge in [-0.3, -0.25) is 0 Å². The number of carbonyl (C=O) groups is 1. The molecule has 0 unspecified atom stereocenters. The minimum atomic E-state index is -0.961. The van der Waals surface area contributed by atoms with E-state index in [1.807, 2.05) is 0 Å². The smallest absolute Gasteiger partial charge is 0.335 e. The van der Waals surface area contributed by atoms with E-state index in [4.69, 9.17) is 15.6 Å². The molecule has 1 aromatic carbocycles. The number of carboxylic acids is 1. The van der Waals surface area contributed by atoms with Crippen molar-refractivity contribution in [2.75, 3.05) is 30.8 Å². The Labute approximate surface area is 107 Å². The zero-order valence-corrected chi connectivity index (χ0v) is 10.6. The Bertz CT molecular complexity index is 394. The van der Waals surface area contributed by atoms with E-state index in [0.29, 0.717) is 24.5 Å². The summed E-state index contributed by atoms with van der Waals surface area (Å²) in [7, 11) is 0. The lowest BCUT2D eigenvalue weighted by atomic mass is 10.1. The summed E-state index contributed by atoms with van der Waals surface area (Å²) in [5.41, 5.74) is 7.15. The van der Waals surface area contributed by atoms with Gasteiger partial charge in [-0.25, -0.2) is 4.79 Å². The molecule has 0 heterocycles. The van der Waals surface area contributed by atoms with E-state index in [1.54, 1.807) is 6.07 Å². The van der Waals surface area contributed by atoms with Gasteiger partial charge >= 0.3 is 5.97 Å². The fourth-order valence-corrected chi connectivity index (χ4v) is 1.45. The summed E-state index contributed by atoms with van der Waals surface area (Å²) in [6.07, 6.45) is 2.16. The molecule has 100 valence electrons. The number of aromatic carboxylic acids is 1. The molecular formula is C13H20N2O3. The van der Waals surface area contributed by atoms with Crippen LogP contribution in [0, 0.1) is 0 Å². The molecular weight excluding hydrogens is 232 g/mol. The van der Waals surface area contributed by atoms with Crippen molar-refractivity contribution in [3.63, 3.8) is 0 Å². The van der Waals surface area contributed by atoms with Crippen molar-refractivity contribution in [1.82, 2.24) is 0 Å². The molecule has 1 rings (SSSR count). The first-order valence-electron chi connectivity index (χ1n) is 6.09. The quantitative estimate of drug-likeness (QED) is 0.488. The minimum Gasteiger partial charge on any atom is -0.478 e. The number of hydrogen-bond donors (Lipinski definition) is 3. The van der Waals surface area contributed by atoms with Crippen LogP contribution in [0.4, 0.5) is 11.4 Å². The van der Waals surface area contributed by atoms with E-state index in [-0.39, 0.29) is 5.56 Å². The number of nitrogens with two attached hydrogens (primary N) is 1. The number of nitrogens with one attached hydrogen (secondary N) is 1. The van der Waals surface area contributed by atoms with Gasteiger partial charge in [0, 0.05) is 13.2 Å². The number of nitrogen functional groups attached to an aromatic ring is 1. The first-order valence-corrected chi connectivity index (χ1v) is 6.09. The molecule has 5 heteroatoms. The van der Waals surface area contributed by atoms with Crippen molar-refractivity contribution in [2.45, 2.75) is 19.8 Å². The first kappa shape index (κ1) is 14.3. The Balaban J connectivity index is 2.41. The molecule has 1 aromatic rings. The van der Waals surface area contributed by atoms with Crippen LogP contribution in [0.25, 0.3) is 0 Å². The average Bonchev–Trinajstić information content (AvgIpc) is 2.35. The summed E-state index contributed by atoms with van der Waals surface area (Å²) in [5, 5.41) is 11.9. The summed E-state index contributed by atoms with van der Waals surface area (Å²) in [4.78, 5) is 10.8. The number of rotatable bonds is 8. The molecule has 0 aliphatic heterocycles. The third-order valence-electron chi connectivity index (χ3n) is 2.50. The SMILES string of the molecule is CCCCOCCNc1cc(C(=O)O)ccc1N. The number of ether oxygens (including phenoxy) is 1. The van der Waals surface area contributed by atoms with Crippen LogP contribution in [0.2, 0.25) is 0 Å². The van der Waals surface area contributed by atoms with Crippen molar-refractivity contribution in [3.8, 4) is 0 Å². The molecule has 0 aliphatic carbocycles. The Morgan fingerprint density at radius 3 is 2.89 bits per heavy atom. The molecule has 0 atom stereocenters. The van der Waals surface area contributed by atoms with Gasteiger partial charge in [0.2, 0.25) is 0 Å². The third kappa shape index (κ3) is 4.63. The standard InChI is InChI=1S/C13H20N2O3/c1-2-3-7-18-8-6-15-12-9-10(13(16)17)4-5-11(12)14/h4-5,9,15H,2-3,6-8,14H2,1H3,(H,16,17). The molecule has 0 fully saturated rings. The van der Waals surface area contributed by atoms with E-state index < -0.39 is 5.97 Å². The van der Waals surface area contributed by atoms with Crippen LogP contribution >= 0.6 is 0 Å². The van der Waals surface area contributed by atoms with E-state index in [1.165, 1.54) is 12.1 Å². The van der Waals surface area contributed by atoms with Gasteiger partial charge in [-0.2, -0.15) is 0 Å². The Kier molecular flexibility index (Phi) is 6.00. The van der Waals surface area contributed by atoms with Gasteiger partial charge in [-0.1, -0.05) is 13.3 Å². The van der Waals surface area contributed by atoms with Crippen LogP contribution in [0.3, 0.4) is 0 Å². The Morgan fingerprint density at radius 1 is 1.44 bits per heavy atom. The lowest BCUT2D eigenvalue weighted by Gasteiger charge is -2.10. The predicted molar refractivity (Wildman–Crippen MR) is 72.0 cm³/mol. The molecule has 5 nitrogen and oxygen atoms in total. The highest BCUT2D eigenvalue weighted by Gasteiger charge is 2.05. The van der Waals surface area contributed by atoms with Crippen LogP contribution in [-0.2, 0) is 4.74 Å². The lowest BCUT2D eigenvalue weighted by Crippen LogP contribution is -2.12. The zero-order chi connectivity index (χ0) is 13.4. The second-order valence-electron chi connectivity index (χ2n) is 4.00. The number of benzene rings is 1. The van der Waals surface area contributed by atoms with Crippen molar-refractivity contribution >= 4 is 17.3 Å². The zero-order valence-electron chi connectivity index (χ0n) is 10.6. The average molecular weight is 252 g/mol. The molecule has 0 aromatic heterocycles. The fraction of sp³-hybridized carbons (Fsp3) is 0.462. The van der Waals surface area contributed by atoms with E-state index >= 15 is 0 Å². The normalized spacial score (nSPS) is 10.3. The minimum absolute atomic E-state index is 0.221. The van der Waals surface area contributed by atoms with Gasteiger partial charge in [-0.05, 0) is 24.6 Å². The highest BCUT2D eigenvalue weighted by Crippen LogP contribution is 2.19. The van der Waals surface area contributed by atoms with Crippen molar-refractivity contribution in [3.05, 3.63) is 23.8 Å². The maximum Gasteiger partial charge on any atom is 0.335 e. The number of hydrogen-bond acceptors (Lipinski definition) is 4. The molecule has 0 spiro atoms. The molecule has 0 aliphatic rings. The lowest BCUT2D eigenvalue weighted by molar-refractivity contribution is 0.0697. The monoisotopic (exact) mass is 252 g/mol. The van der Waals surface area contributed by atoms with E-state index in [9.17, 15) is 4.79 Å². The molecule has 0 amide bonds. The van der Waals surface area contributed by atoms with Gasteiger partial charge in [0.25, 0.3) is 0 Å². The summed E-state index contributed by atoms with van der Waals surface area (Å²) in [6.45, 7) is 4.05. The van der Waals surface area contributed by atoms with Crippen molar-refractivity contribution < 1.29 is 14.6 Å². The van der Waals surface area contributed by atoms with Crippen molar-refractivity contribution in [2.24, 2.45) is 0 Å². The summed E-state index contributed by atoms with van der Waals surface area (Å²) >= 11 is 0. The van der Waals surface area contributed by atoms with Gasteiger partial charge < -0.3 is 20.9 Å². The van der Waals surface area contributed by atoms with Gasteiger partial charge in [0.1, 0.15) is 0 Å². The summed E-state index contributed by atoms with van der Waals surface area (Å²) in [6, 6.07) is 4.61. The summed E-state index contributed by atoms with van der Waals surface area (Å²) in [5.74, 6) is -0.961. The van der Waals surface area contributed by atoms with Crippen LogP contribution in [0.1, 0.15) is 30.1 Å². The second kappa shape index (κ2) is 7.55. The maximum absolute atomic E-state index is 10.8. The van der Waals surface area contributed by atoms with Gasteiger partial charge in [-0.15, -0.1) is 0 Å². The van der Waals surface area contributed by atoms with E-state index in [2.05, 4.69) is 12.2 Å². The molecule has 0 bridgehead atoms. The Morgan fingerprint density at radius 2 is 2.22 bits per heavy atom. The fourth-order valence-electron chi connectivity index (χ4n) is 1.45. The maximum atomic E-state index is 10.8. The van der Waals surface area contributed by atoms with E-state index in [0.717, 1.165) is 19.4 Å². The van der Waals surface area contributed by atoms with Crippen LogP contribution in [0.5, 0.6) is 0 Å². The highest BCUT2D eigenvalue weighted by molar-refractivity contribution is 5.90. The number of anilines is 2. The molecule has 0 saturated heterocycles. The van der Waals surface area contributed by atoms with Crippen LogP contribution < -0.4 is 11.1 Å². The largest absolute Gasteiger partial charge is 0.478 e. The number of unbranched alkanes of at least 4 members (excludes halogenated alkanes) is 1. The molecule has 0 radical (unpaired) electrons. The first-order chi connectivity index (χ1) is 8.65. The molecule has 0 saturated carbocycles. The topological polar surface area (TPSA) is 84.6 Å². The van der Waals surface area contributed by atoms with Crippen molar-refractivity contribution in [1.29, 1.82) is 0 Å². The predicted octanol–water partition coefficient (Wildman–Crippen LogP) is 2.20. The number of carboxylic acid groups (broad SMARTS) is 1. The summed E-state index contributed by atoms with van der Waals surface area (Å²) < 4.78 is 5.39. The second-order valence-corrected chi connectivity index (χ2v) is 4.00. The van der Waals surface area contributed by atoms with Crippen LogP contribution in [0.15, 0.2) is 18.2 Å².